The average molecular weight is 322 g/mol. The zero-order valence-corrected chi connectivity index (χ0v) is 14.0. The van der Waals surface area contributed by atoms with Crippen molar-refractivity contribution in [1.82, 2.24) is 10.2 Å². The molecular formula is C18H27FN2O2. The molecule has 4 nitrogen and oxygen atoms in total. The van der Waals surface area contributed by atoms with Gasteiger partial charge in [0.25, 0.3) is 0 Å². The van der Waals surface area contributed by atoms with Crippen molar-refractivity contribution in [1.29, 1.82) is 0 Å². The van der Waals surface area contributed by atoms with Gasteiger partial charge in [0.05, 0.1) is 12.1 Å². The van der Waals surface area contributed by atoms with Gasteiger partial charge in [0.1, 0.15) is 5.82 Å². The molecule has 0 bridgehead atoms. The number of halogens is 1. The summed E-state index contributed by atoms with van der Waals surface area (Å²) in [6, 6.07) is 5.91. The third-order valence-electron chi connectivity index (χ3n) is 4.42. The minimum Gasteiger partial charge on any atom is -0.386 e. The van der Waals surface area contributed by atoms with Gasteiger partial charge in [0.15, 0.2) is 0 Å². The fourth-order valence-corrected chi connectivity index (χ4v) is 3.24. The molecular weight excluding hydrogens is 295 g/mol. The first-order valence-corrected chi connectivity index (χ1v) is 8.45. The van der Waals surface area contributed by atoms with Gasteiger partial charge >= 0.3 is 0 Å². The van der Waals surface area contributed by atoms with Crippen LogP contribution in [-0.4, -0.2) is 41.6 Å². The summed E-state index contributed by atoms with van der Waals surface area (Å²) in [6.07, 6.45) is 2.42. The Balaban J connectivity index is 1.95. The Labute approximate surface area is 137 Å². The van der Waals surface area contributed by atoms with Crippen molar-refractivity contribution in [3.8, 4) is 0 Å². The van der Waals surface area contributed by atoms with Crippen LogP contribution < -0.4 is 5.32 Å². The van der Waals surface area contributed by atoms with E-state index >= 15 is 0 Å². The second kappa shape index (κ2) is 8.41. The zero-order valence-electron chi connectivity index (χ0n) is 14.0. The van der Waals surface area contributed by atoms with E-state index in [1.165, 1.54) is 18.6 Å². The highest BCUT2D eigenvalue weighted by atomic mass is 19.1. The van der Waals surface area contributed by atoms with E-state index in [0.29, 0.717) is 0 Å². The number of amides is 1. The molecule has 1 saturated heterocycles. The summed E-state index contributed by atoms with van der Waals surface area (Å²) in [6.45, 7) is 5.97. The third-order valence-corrected chi connectivity index (χ3v) is 4.42. The first-order valence-electron chi connectivity index (χ1n) is 8.45. The van der Waals surface area contributed by atoms with E-state index in [-0.39, 0.29) is 30.0 Å². The van der Waals surface area contributed by atoms with Crippen LogP contribution in [0.3, 0.4) is 0 Å². The highest BCUT2D eigenvalue weighted by Gasteiger charge is 2.30. The zero-order chi connectivity index (χ0) is 16.8. The van der Waals surface area contributed by atoms with Crippen molar-refractivity contribution >= 4 is 5.91 Å². The Morgan fingerprint density at radius 2 is 1.91 bits per heavy atom. The molecule has 1 aliphatic rings. The van der Waals surface area contributed by atoms with Gasteiger partial charge in [-0.05, 0) is 37.9 Å². The van der Waals surface area contributed by atoms with Gasteiger partial charge in [0, 0.05) is 12.1 Å². The number of aliphatic hydroxyl groups is 1. The minimum absolute atomic E-state index is 0.0246. The van der Waals surface area contributed by atoms with Crippen molar-refractivity contribution in [2.45, 2.75) is 45.3 Å². The van der Waals surface area contributed by atoms with Crippen LogP contribution in [0.5, 0.6) is 0 Å². The van der Waals surface area contributed by atoms with Crippen molar-refractivity contribution < 1.29 is 14.3 Å². The average Bonchev–Trinajstić information content (AvgIpc) is 2.54. The van der Waals surface area contributed by atoms with Crippen LogP contribution >= 0.6 is 0 Å². The van der Waals surface area contributed by atoms with Crippen LogP contribution in [0.2, 0.25) is 0 Å². The van der Waals surface area contributed by atoms with E-state index in [9.17, 15) is 14.3 Å². The highest BCUT2D eigenvalue weighted by molar-refractivity contribution is 5.82. The fraction of sp³-hybridized carbons (Fsp3) is 0.611. The molecule has 2 rings (SSSR count). The molecule has 5 heteroatoms. The molecule has 2 unspecified atom stereocenters. The van der Waals surface area contributed by atoms with Crippen LogP contribution in [0.1, 0.15) is 44.8 Å². The maximum Gasteiger partial charge on any atom is 0.237 e. The first-order chi connectivity index (χ1) is 11.0. The standard InChI is InChI=1S/C18H27FN2O2/c1-13(2)17(21-10-6-3-7-11-21)18(23)20-12-16(22)14-8-4-5-9-15(14)19/h4-5,8-9,13,16-17,22H,3,6-7,10-12H2,1-2H3,(H,20,23). The number of nitrogens with zero attached hydrogens (tertiary/aromatic N) is 1. The Morgan fingerprint density at radius 1 is 1.26 bits per heavy atom. The van der Waals surface area contributed by atoms with Crippen LogP contribution in [0.4, 0.5) is 4.39 Å². The lowest BCUT2D eigenvalue weighted by molar-refractivity contribution is -0.129. The molecule has 1 heterocycles. The number of hydrogen-bond donors (Lipinski definition) is 2. The predicted octanol–water partition coefficient (Wildman–Crippen LogP) is 2.49. The van der Waals surface area contributed by atoms with E-state index in [1.807, 2.05) is 13.8 Å². The Hall–Kier alpha value is -1.46. The summed E-state index contributed by atoms with van der Waals surface area (Å²) in [4.78, 5) is 14.8. The minimum atomic E-state index is -1.03. The molecule has 2 atom stereocenters. The number of aliphatic hydroxyl groups excluding tert-OH is 1. The van der Waals surface area contributed by atoms with Crippen LogP contribution in [-0.2, 0) is 4.79 Å². The topological polar surface area (TPSA) is 52.6 Å². The van der Waals surface area contributed by atoms with Gasteiger partial charge in [-0.1, -0.05) is 38.5 Å². The summed E-state index contributed by atoms with van der Waals surface area (Å²) in [5.41, 5.74) is 0.215. The van der Waals surface area contributed by atoms with Crippen molar-refractivity contribution in [3.05, 3.63) is 35.6 Å². The molecule has 1 amide bonds. The summed E-state index contributed by atoms with van der Waals surface area (Å²) < 4.78 is 13.7. The molecule has 23 heavy (non-hydrogen) atoms. The second-order valence-corrected chi connectivity index (χ2v) is 6.57. The highest BCUT2D eigenvalue weighted by Crippen LogP contribution is 2.19. The lowest BCUT2D eigenvalue weighted by Crippen LogP contribution is -2.52. The Kier molecular flexibility index (Phi) is 6.54. The number of rotatable bonds is 6. The third kappa shape index (κ3) is 4.75. The van der Waals surface area contributed by atoms with E-state index < -0.39 is 11.9 Å². The molecule has 1 aliphatic heterocycles. The smallest absolute Gasteiger partial charge is 0.237 e. The molecule has 128 valence electrons. The Morgan fingerprint density at radius 3 is 2.52 bits per heavy atom. The number of likely N-dealkylation sites (tertiary alicyclic amines) is 1. The quantitative estimate of drug-likeness (QED) is 0.846. The van der Waals surface area contributed by atoms with E-state index in [0.717, 1.165) is 25.9 Å². The number of piperidine rings is 1. The maximum absolute atomic E-state index is 13.7. The van der Waals surface area contributed by atoms with Gasteiger partial charge in [-0.15, -0.1) is 0 Å². The number of carbonyl (C=O) groups is 1. The number of benzene rings is 1. The summed E-state index contributed by atoms with van der Waals surface area (Å²) >= 11 is 0. The van der Waals surface area contributed by atoms with Crippen LogP contribution in [0, 0.1) is 11.7 Å². The van der Waals surface area contributed by atoms with Crippen molar-refractivity contribution in [2.75, 3.05) is 19.6 Å². The molecule has 0 aliphatic carbocycles. The van der Waals surface area contributed by atoms with E-state index in [2.05, 4.69) is 10.2 Å². The van der Waals surface area contributed by atoms with Gasteiger partial charge in [-0.25, -0.2) is 4.39 Å². The molecule has 1 aromatic rings. The molecule has 0 saturated carbocycles. The molecule has 0 radical (unpaired) electrons. The van der Waals surface area contributed by atoms with Crippen molar-refractivity contribution in [2.24, 2.45) is 5.92 Å². The lowest BCUT2D eigenvalue weighted by atomic mass is 9.98. The SMILES string of the molecule is CC(C)C(C(=O)NCC(O)c1ccccc1F)N1CCCCC1. The molecule has 1 fully saturated rings. The maximum atomic E-state index is 13.7. The van der Waals surface area contributed by atoms with E-state index in [4.69, 9.17) is 0 Å². The molecule has 1 aromatic carbocycles. The number of carbonyl (C=O) groups excluding carboxylic acids is 1. The van der Waals surface area contributed by atoms with E-state index in [1.54, 1.807) is 12.1 Å². The van der Waals surface area contributed by atoms with Crippen molar-refractivity contribution in [3.63, 3.8) is 0 Å². The van der Waals surface area contributed by atoms with Gasteiger partial charge < -0.3 is 10.4 Å². The Bertz CT molecular complexity index is 515. The lowest BCUT2D eigenvalue weighted by Gasteiger charge is -2.36. The largest absolute Gasteiger partial charge is 0.386 e. The van der Waals surface area contributed by atoms with Gasteiger partial charge in [-0.3, -0.25) is 9.69 Å². The van der Waals surface area contributed by atoms with Gasteiger partial charge in [-0.2, -0.15) is 0 Å². The second-order valence-electron chi connectivity index (χ2n) is 6.57. The summed E-state index contributed by atoms with van der Waals surface area (Å²) in [5, 5.41) is 12.9. The van der Waals surface area contributed by atoms with Gasteiger partial charge in [0.2, 0.25) is 5.91 Å². The number of hydrogen-bond acceptors (Lipinski definition) is 3. The molecule has 2 N–H and O–H groups in total. The first kappa shape index (κ1) is 17.9. The summed E-state index contributed by atoms with van der Waals surface area (Å²) in [5.74, 6) is -0.346. The van der Waals surface area contributed by atoms with Crippen LogP contribution in [0.25, 0.3) is 0 Å². The fourth-order valence-electron chi connectivity index (χ4n) is 3.24. The van der Waals surface area contributed by atoms with Crippen LogP contribution in [0.15, 0.2) is 24.3 Å². The monoisotopic (exact) mass is 322 g/mol. The molecule has 0 spiro atoms. The molecule has 0 aromatic heterocycles. The number of nitrogens with one attached hydrogen (secondary N) is 1. The summed E-state index contributed by atoms with van der Waals surface area (Å²) in [7, 11) is 0. The normalized spacial score (nSPS) is 18.7. The predicted molar refractivity (Wildman–Crippen MR) is 88.4 cm³/mol.